The van der Waals surface area contributed by atoms with Gasteiger partial charge in [-0.25, -0.2) is 0 Å². The quantitative estimate of drug-likeness (QED) is 0.867. The zero-order chi connectivity index (χ0) is 15.9. The minimum absolute atomic E-state index is 0.307. The molecule has 1 aliphatic heterocycles. The summed E-state index contributed by atoms with van der Waals surface area (Å²) in [4.78, 5) is 0. The van der Waals surface area contributed by atoms with E-state index in [0.717, 1.165) is 18.3 Å². The Labute approximate surface area is 128 Å². The van der Waals surface area contributed by atoms with Gasteiger partial charge in [0.25, 0.3) is 0 Å². The predicted molar refractivity (Wildman–Crippen MR) is 86.8 cm³/mol. The van der Waals surface area contributed by atoms with Crippen molar-refractivity contribution in [2.24, 2.45) is 0 Å². The largest absolute Gasteiger partial charge is 0.494 e. The Morgan fingerprint density at radius 1 is 1.00 bits per heavy atom. The van der Waals surface area contributed by atoms with Gasteiger partial charge in [0, 0.05) is 0 Å². The maximum absolute atomic E-state index is 9.78. The molecule has 0 unspecified atom stereocenters. The standard InChI is InChI=1S/C17H27BO3/c1-15(2,19)12-11-13-7-9-14(10-8-13)18-20-16(3,4)17(5,6)21-18/h7-10,19H,11-12H2,1-6H3. The molecule has 0 amide bonds. The normalized spacial score (nSPS) is 20.8. The van der Waals surface area contributed by atoms with E-state index in [1.54, 1.807) is 0 Å². The summed E-state index contributed by atoms with van der Waals surface area (Å²) in [6.07, 6.45) is 1.62. The van der Waals surface area contributed by atoms with E-state index < -0.39 is 5.60 Å². The molecule has 1 aliphatic rings. The summed E-state index contributed by atoms with van der Waals surface area (Å²) in [5.74, 6) is 0. The third-order valence-electron chi connectivity index (χ3n) is 4.53. The molecule has 1 saturated heterocycles. The fourth-order valence-electron chi connectivity index (χ4n) is 2.27. The monoisotopic (exact) mass is 290 g/mol. The van der Waals surface area contributed by atoms with E-state index in [0.29, 0.717) is 0 Å². The fraction of sp³-hybridized carbons (Fsp3) is 0.647. The van der Waals surface area contributed by atoms with E-state index in [1.807, 2.05) is 13.8 Å². The summed E-state index contributed by atoms with van der Waals surface area (Å²) in [6, 6.07) is 8.29. The predicted octanol–water partition coefficient (Wildman–Crippen LogP) is 2.69. The molecule has 0 radical (unpaired) electrons. The van der Waals surface area contributed by atoms with Gasteiger partial charge in [0.05, 0.1) is 16.8 Å². The van der Waals surface area contributed by atoms with Crippen LogP contribution in [0.3, 0.4) is 0 Å². The van der Waals surface area contributed by atoms with Gasteiger partial charge in [-0.05, 0) is 65.4 Å². The number of hydrogen-bond donors (Lipinski definition) is 1. The molecule has 0 saturated carbocycles. The van der Waals surface area contributed by atoms with E-state index in [4.69, 9.17) is 9.31 Å². The van der Waals surface area contributed by atoms with Gasteiger partial charge < -0.3 is 14.4 Å². The van der Waals surface area contributed by atoms with Crippen molar-refractivity contribution in [3.8, 4) is 0 Å². The first-order chi connectivity index (χ1) is 9.50. The molecule has 1 aromatic rings. The highest BCUT2D eigenvalue weighted by atomic mass is 16.7. The van der Waals surface area contributed by atoms with Gasteiger partial charge in [0.1, 0.15) is 0 Å². The lowest BCUT2D eigenvalue weighted by Crippen LogP contribution is -2.41. The van der Waals surface area contributed by atoms with Crippen LogP contribution in [0.1, 0.15) is 53.5 Å². The van der Waals surface area contributed by atoms with Gasteiger partial charge in [0.15, 0.2) is 0 Å². The highest BCUT2D eigenvalue weighted by Crippen LogP contribution is 2.36. The van der Waals surface area contributed by atoms with Crippen molar-refractivity contribution in [2.45, 2.75) is 71.2 Å². The zero-order valence-electron chi connectivity index (χ0n) is 14.1. The highest BCUT2D eigenvalue weighted by molar-refractivity contribution is 6.62. The Balaban J connectivity index is 2.04. The number of hydrogen-bond acceptors (Lipinski definition) is 3. The molecule has 3 nitrogen and oxygen atoms in total. The van der Waals surface area contributed by atoms with Crippen molar-refractivity contribution in [1.82, 2.24) is 0 Å². The van der Waals surface area contributed by atoms with Crippen LogP contribution in [0.5, 0.6) is 0 Å². The number of benzene rings is 1. The van der Waals surface area contributed by atoms with Crippen LogP contribution < -0.4 is 5.46 Å². The van der Waals surface area contributed by atoms with Crippen molar-refractivity contribution in [3.63, 3.8) is 0 Å². The lowest BCUT2D eigenvalue weighted by Gasteiger charge is -2.32. The summed E-state index contributed by atoms with van der Waals surface area (Å²) in [6.45, 7) is 11.9. The van der Waals surface area contributed by atoms with Crippen LogP contribution >= 0.6 is 0 Å². The van der Waals surface area contributed by atoms with E-state index in [-0.39, 0.29) is 18.3 Å². The molecule has 0 spiro atoms. The van der Waals surface area contributed by atoms with Crippen LogP contribution in [-0.4, -0.2) is 29.0 Å². The van der Waals surface area contributed by atoms with Crippen LogP contribution in [0.4, 0.5) is 0 Å². The molecule has 4 heteroatoms. The number of aryl methyl sites for hydroxylation is 1. The lowest BCUT2D eigenvalue weighted by molar-refractivity contribution is 0.00578. The van der Waals surface area contributed by atoms with Crippen molar-refractivity contribution in [1.29, 1.82) is 0 Å². The SMILES string of the molecule is CC(C)(O)CCc1ccc(B2OC(C)(C)C(C)(C)O2)cc1. The second-order valence-corrected chi connectivity index (χ2v) is 7.64. The minimum atomic E-state index is -0.621. The van der Waals surface area contributed by atoms with Crippen LogP contribution in [0.15, 0.2) is 24.3 Å². The van der Waals surface area contributed by atoms with Gasteiger partial charge in [-0.3, -0.25) is 0 Å². The molecule has 1 heterocycles. The van der Waals surface area contributed by atoms with Crippen LogP contribution in [0.2, 0.25) is 0 Å². The lowest BCUT2D eigenvalue weighted by atomic mass is 9.78. The van der Waals surface area contributed by atoms with Crippen molar-refractivity contribution in [3.05, 3.63) is 29.8 Å². The minimum Gasteiger partial charge on any atom is -0.399 e. The molecule has 0 aliphatic carbocycles. The van der Waals surface area contributed by atoms with Crippen molar-refractivity contribution >= 4 is 12.6 Å². The molecule has 0 bridgehead atoms. The highest BCUT2D eigenvalue weighted by Gasteiger charge is 2.51. The van der Waals surface area contributed by atoms with Gasteiger partial charge in [0.2, 0.25) is 0 Å². The Morgan fingerprint density at radius 2 is 1.48 bits per heavy atom. The average molecular weight is 290 g/mol. The average Bonchev–Trinajstić information content (AvgIpc) is 2.56. The molecule has 1 fully saturated rings. The fourth-order valence-corrected chi connectivity index (χ4v) is 2.27. The summed E-state index contributed by atoms with van der Waals surface area (Å²) < 4.78 is 12.1. The molecule has 21 heavy (non-hydrogen) atoms. The van der Waals surface area contributed by atoms with Crippen molar-refractivity contribution < 1.29 is 14.4 Å². The van der Waals surface area contributed by atoms with E-state index in [2.05, 4.69) is 52.0 Å². The molecule has 1 aromatic carbocycles. The third-order valence-corrected chi connectivity index (χ3v) is 4.53. The summed E-state index contributed by atoms with van der Waals surface area (Å²) in [5, 5.41) is 9.78. The summed E-state index contributed by atoms with van der Waals surface area (Å²) >= 11 is 0. The molecule has 2 rings (SSSR count). The van der Waals surface area contributed by atoms with Crippen LogP contribution in [0.25, 0.3) is 0 Å². The first kappa shape index (κ1) is 16.5. The van der Waals surface area contributed by atoms with Gasteiger partial charge in [-0.1, -0.05) is 24.3 Å². The number of aliphatic hydroxyl groups is 1. The van der Waals surface area contributed by atoms with E-state index >= 15 is 0 Å². The zero-order valence-corrected chi connectivity index (χ0v) is 14.1. The molecule has 1 N–H and O–H groups in total. The molecular weight excluding hydrogens is 263 g/mol. The molecular formula is C17H27BO3. The van der Waals surface area contributed by atoms with Gasteiger partial charge >= 0.3 is 7.12 Å². The topological polar surface area (TPSA) is 38.7 Å². The Bertz CT molecular complexity index is 470. The van der Waals surface area contributed by atoms with Crippen LogP contribution in [-0.2, 0) is 15.7 Å². The van der Waals surface area contributed by atoms with Crippen LogP contribution in [0, 0.1) is 0 Å². The Kier molecular flexibility index (Phi) is 4.27. The van der Waals surface area contributed by atoms with E-state index in [9.17, 15) is 5.11 Å². The smallest absolute Gasteiger partial charge is 0.399 e. The number of rotatable bonds is 4. The second-order valence-electron chi connectivity index (χ2n) is 7.64. The maximum Gasteiger partial charge on any atom is 0.494 e. The van der Waals surface area contributed by atoms with Crippen molar-refractivity contribution in [2.75, 3.05) is 0 Å². The van der Waals surface area contributed by atoms with Gasteiger partial charge in [-0.15, -0.1) is 0 Å². The third kappa shape index (κ3) is 3.88. The summed E-state index contributed by atoms with van der Waals surface area (Å²) in [5.41, 5.74) is 1.02. The Morgan fingerprint density at radius 3 is 1.90 bits per heavy atom. The molecule has 0 atom stereocenters. The summed E-state index contributed by atoms with van der Waals surface area (Å²) in [7, 11) is -0.307. The first-order valence-electron chi connectivity index (χ1n) is 7.67. The first-order valence-corrected chi connectivity index (χ1v) is 7.67. The molecule has 116 valence electrons. The van der Waals surface area contributed by atoms with E-state index in [1.165, 1.54) is 5.56 Å². The molecule has 0 aromatic heterocycles. The Hall–Kier alpha value is -0.835. The second kappa shape index (κ2) is 5.42. The maximum atomic E-state index is 9.78. The van der Waals surface area contributed by atoms with Gasteiger partial charge in [-0.2, -0.15) is 0 Å².